The largest absolute Gasteiger partial charge is 0.481 e. The van der Waals surface area contributed by atoms with Gasteiger partial charge in [-0.2, -0.15) is 0 Å². The molecule has 0 heterocycles. The summed E-state index contributed by atoms with van der Waals surface area (Å²) in [5.74, 6) is -1.33. The molecule has 0 aliphatic rings. The second-order valence-electron chi connectivity index (χ2n) is 3.31. The van der Waals surface area contributed by atoms with E-state index in [1.165, 1.54) is 0 Å². The number of rotatable bonds is 3. The van der Waals surface area contributed by atoms with Crippen LogP contribution >= 0.6 is 11.6 Å². The number of halogens is 1. The highest BCUT2D eigenvalue weighted by Gasteiger charge is 2.14. The van der Waals surface area contributed by atoms with Gasteiger partial charge in [0.15, 0.2) is 0 Å². The average Bonchev–Trinajstić information content (AvgIpc) is 2.15. The summed E-state index contributed by atoms with van der Waals surface area (Å²) < 4.78 is 0. The van der Waals surface area contributed by atoms with Crippen molar-refractivity contribution in [2.45, 2.75) is 26.2 Å². The Morgan fingerprint density at radius 1 is 1.50 bits per heavy atom. The molecule has 0 saturated carbocycles. The molecule has 76 valence electrons. The Labute approximate surface area is 88.5 Å². The minimum absolute atomic E-state index is 0.501. The van der Waals surface area contributed by atoms with Gasteiger partial charge in [-0.3, -0.25) is 4.79 Å². The summed E-state index contributed by atoms with van der Waals surface area (Å²) >= 11 is 5.88. The van der Waals surface area contributed by atoms with Gasteiger partial charge in [0.05, 0.1) is 5.92 Å². The molecule has 0 radical (unpaired) electrons. The highest BCUT2D eigenvalue weighted by molar-refractivity contribution is 6.30. The van der Waals surface area contributed by atoms with E-state index in [0.29, 0.717) is 5.02 Å². The zero-order valence-electron chi connectivity index (χ0n) is 8.25. The molecule has 0 amide bonds. The normalized spacial score (nSPS) is 12.5. The average molecular weight is 213 g/mol. The van der Waals surface area contributed by atoms with E-state index in [2.05, 4.69) is 0 Å². The number of benzene rings is 1. The second-order valence-corrected chi connectivity index (χ2v) is 3.74. The van der Waals surface area contributed by atoms with Crippen molar-refractivity contribution in [1.29, 1.82) is 0 Å². The van der Waals surface area contributed by atoms with E-state index in [0.717, 1.165) is 17.5 Å². The van der Waals surface area contributed by atoms with Gasteiger partial charge in [0.25, 0.3) is 0 Å². The Morgan fingerprint density at radius 3 is 2.64 bits per heavy atom. The summed E-state index contributed by atoms with van der Waals surface area (Å²) in [4.78, 5) is 10.8. The second kappa shape index (κ2) is 4.47. The third-order valence-electron chi connectivity index (χ3n) is 2.26. The van der Waals surface area contributed by atoms with Gasteiger partial charge in [-0.15, -0.1) is 0 Å². The first-order valence-electron chi connectivity index (χ1n) is 4.56. The van der Waals surface area contributed by atoms with E-state index < -0.39 is 11.9 Å². The van der Waals surface area contributed by atoms with Crippen LogP contribution in [0.15, 0.2) is 18.2 Å². The molecule has 1 N–H and O–H groups in total. The van der Waals surface area contributed by atoms with E-state index in [9.17, 15) is 4.79 Å². The fraction of sp³-hybridized carbons (Fsp3) is 0.364. The first-order chi connectivity index (χ1) is 6.54. The van der Waals surface area contributed by atoms with Crippen molar-refractivity contribution in [2.24, 2.45) is 0 Å². The Bertz CT molecular complexity index is 347. The van der Waals surface area contributed by atoms with Crippen LogP contribution < -0.4 is 0 Å². The molecular formula is C11H13ClO2. The molecule has 0 aliphatic heterocycles. The molecule has 14 heavy (non-hydrogen) atoms. The summed E-state index contributed by atoms with van der Waals surface area (Å²) in [6.07, 6.45) is 0.861. The number of aryl methyl sites for hydroxylation is 1. The Balaban J connectivity index is 3.08. The molecule has 1 unspecified atom stereocenters. The third-order valence-corrected chi connectivity index (χ3v) is 2.48. The third kappa shape index (κ3) is 2.48. The van der Waals surface area contributed by atoms with Crippen LogP contribution in [0.3, 0.4) is 0 Å². The Morgan fingerprint density at radius 2 is 2.14 bits per heavy atom. The number of carbonyl (C=O) groups is 1. The van der Waals surface area contributed by atoms with Crippen molar-refractivity contribution >= 4 is 17.6 Å². The van der Waals surface area contributed by atoms with Crippen molar-refractivity contribution in [3.8, 4) is 0 Å². The monoisotopic (exact) mass is 212 g/mol. The Hall–Kier alpha value is -1.02. The molecular weight excluding hydrogens is 200 g/mol. The number of carboxylic acids is 1. The molecule has 1 atom stereocenters. The zero-order chi connectivity index (χ0) is 10.7. The molecule has 3 heteroatoms. The molecule has 0 spiro atoms. The van der Waals surface area contributed by atoms with Gasteiger partial charge in [-0.1, -0.05) is 24.6 Å². The highest BCUT2D eigenvalue weighted by Crippen LogP contribution is 2.22. The maximum atomic E-state index is 10.8. The lowest BCUT2D eigenvalue weighted by atomic mass is 9.98. The number of aliphatic carboxylic acids is 1. The lowest BCUT2D eigenvalue weighted by Gasteiger charge is -2.08. The van der Waals surface area contributed by atoms with Crippen LogP contribution in [0.5, 0.6) is 0 Å². The van der Waals surface area contributed by atoms with Crippen molar-refractivity contribution in [1.82, 2.24) is 0 Å². The Kier molecular flexibility index (Phi) is 3.53. The maximum absolute atomic E-state index is 10.8. The van der Waals surface area contributed by atoms with Crippen LogP contribution in [0.25, 0.3) is 0 Å². The molecule has 0 bridgehead atoms. The highest BCUT2D eigenvalue weighted by atomic mass is 35.5. The fourth-order valence-electron chi connectivity index (χ4n) is 1.27. The summed E-state index contributed by atoms with van der Waals surface area (Å²) in [7, 11) is 0. The van der Waals surface area contributed by atoms with Crippen molar-refractivity contribution < 1.29 is 9.90 Å². The maximum Gasteiger partial charge on any atom is 0.310 e. The minimum atomic E-state index is -0.825. The number of hydrogen-bond donors (Lipinski definition) is 1. The van der Waals surface area contributed by atoms with E-state index >= 15 is 0 Å². The van der Waals surface area contributed by atoms with Crippen molar-refractivity contribution in [3.05, 3.63) is 34.3 Å². The van der Waals surface area contributed by atoms with Crippen molar-refractivity contribution in [3.63, 3.8) is 0 Å². The van der Waals surface area contributed by atoms with E-state index in [4.69, 9.17) is 16.7 Å². The SMILES string of the molecule is CCc1cc(Cl)cc(C(C)C(=O)O)c1. The van der Waals surface area contributed by atoms with Gasteiger partial charge >= 0.3 is 5.97 Å². The topological polar surface area (TPSA) is 37.3 Å². The molecule has 0 fully saturated rings. The van der Waals surface area contributed by atoms with Gasteiger partial charge in [0.1, 0.15) is 0 Å². The molecule has 1 aromatic rings. The van der Waals surface area contributed by atoms with E-state index in [1.807, 2.05) is 19.1 Å². The lowest BCUT2D eigenvalue weighted by Crippen LogP contribution is -2.07. The van der Waals surface area contributed by atoms with Gasteiger partial charge in [0.2, 0.25) is 0 Å². The zero-order valence-corrected chi connectivity index (χ0v) is 9.01. The number of hydrogen-bond acceptors (Lipinski definition) is 1. The molecule has 2 nitrogen and oxygen atoms in total. The van der Waals surface area contributed by atoms with Gasteiger partial charge < -0.3 is 5.11 Å². The summed E-state index contributed by atoms with van der Waals surface area (Å²) in [5, 5.41) is 9.45. The fourth-order valence-corrected chi connectivity index (χ4v) is 1.54. The summed E-state index contributed by atoms with van der Waals surface area (Å²) in [6, 6.07) is 5.46. The van der Waals surface area contributed by atoms with Crippen LogP contribution in [0, 0.1) is 0 Å². The molecule has 1 aromatic carbocycles. The van der Waals surface area contributed by atoms with Crippen LogP contribution in [-0.2, 0) is 11.2 Å². The molecule has 0 saturated heterocycles. The van der Waals surface area contributed by atoms with Gasteiger partial charge in [0, 0.05) is 5.02 Å². The molecule has 0 aliphatic carbocycles. The summed E-state index contributed by atoms with van der Waals surface area (Å²) in [6.45, 7) is 3.67. The van der Waals surface area contributed by atoms with Gasteiger partial charge in [-0.05, 0) is 36.6 Å². The van der Waals surface area contributed by atoms with E-state index in [-0.39, 0.29) is 0 Å². The smallest absolute Gasteiger partial charge is 0.310 e. The lowest BCUT2D eigenvalue weighted by molar-refractivity contribution is -0.138. The van der Waals surface area contributed by atoms with Crippen LogP contribution in [0.2, 0.25) is 5.02 Å². The number of carboxylic acid groups (broad SMARTS) is 1. The van der Waals surface area contributed by atoms with E-state index in [1.54, 1.807) is 13.0 Å². The first-order valence-corrected chi connectivity index (χ1v) is 4.94. The quantitative estimate of drug-likeness (QED) is 0.836. The predicted molar refractivity (Wildman–Crippen MR) is 56.9 cm³/mol. The van der Waals surface area contributed by atoms with Crippen LogP contribution in [-0.4, -0.2) is 11.1 Å². The molecule has 0 aromatic heterocycles. The minimum Gasteiger partial charge on any atom is -0.481 e. The summed E-state index contributed by atoms with van der Waals surface area (Å²) in [5.41, 5.74) is 1.84. The van der Waals surface area contributed by atoms with Crippen LogP contribution in [0.4, 0.5) is 0 Å². The van der Waals surface area contributed by atoms with Crippen molar-refractivity contribution in [2.75, 3.05) is 0 Å². The predicted octanol–water partition coefficient (Wildman–Crippen LogP) is 3.09. The first kappa shape index (κ1) is 11.1. The molecule has 1 rings (SSSR count). The van der Waals surface area contributed by atoms with Crippen LogP contribution in [0.1, 0.15) is 30.9 Å². The van der Waals surface area contributed by atoms with Gasteiger partial charge in [-0.25, -0.2) is 0 Å². The standard InChI is InChI=1S/C11H13ClO2/c1-3-8-4-9(6-10(12)5-8)7(2)11(13)14/h4-7H,3H2,1-2H3,(H,13,14).